The number of fused-ring (bicyclic) bond motifs is 1. The molecule has 0 fully saturated rings. The third-order valence-electron chi connectivity index (χ3n) is 2.98. The Labute approximate surface area is 132 Å². The molecule has 0 saturated heterocycles. The van der Waals surface area contributed by atoms with Crippen LogP contribution < -0.4 is 14.9 Å². The molecule has 0 bridgehead atoms. The lowest BCUT2D eigenvalue weighted by molar-refractivity contribution is 0.174. The highest BCUT2D eigenvalue weighted by atomic mass is 35.5. The van der Waals surface area contributed by atoms with Crippen molar-refractivity contribution in [3.8, 4) is 11.5 Å². The average molecular weight is 323 g/mol. The van der Waals surface area contributed by atoms with Crippen molar-refractivity contribution < 1.29 is 9.47 Å². The molecule has 1 N–H and O–H groups in total. The molecule has 2 aromatic rings. The normalized spacial score (nSPS) is 12.9. The zero-order valence-corrected chi connectivity index (χ0v) is 12.5. The summed E-state index contributed by atoms with van der Waals surface area (Å²) < 4.78 is 10.6. The summed E-state index contributed by atoms with van der Waals surface area (Å²) in [5.41, 5.74) is 4.82. The number of hydrogen-bond acceptors (Lipinski definition) is 4. The standard InChI is InChI=1S/C15H12Cl2N2O2/c16-12-3-1-10(2-4-12)7-18-19-8-11-5-14-15(6-13(11)17)21-9-20-14/h1-6,8,18H,7,9H2/b19-8-. The summed E-state index contributed by atoms with van der Waals surface area (Å²) in [7, 11) is 0. The van der Waals surface area contributed by atoms with Crippen molar-refractivity contribution in [2.75, 3.05) is 6.79 Å². The van der Waals surface area contributed by atoms with Crippen LogP contribution in [0.5, 0.6) is 11.5 Å². The van der Waals surface area contributed by atoms with E-state index >= 15 is 0 Å². The maximum Gasteiger partial charge on any atom is 0.231 e. The highest BCUT2D eigenvalue weighted by molar-refractivity contribution is 6.33. The topological polar surface area (TPSA) is 42.9 Å². The van der Waals surface area contributed by atoms with E-state index in [0.29, 0.717) is 23.1 Å². The van der Waals surface area contributed by atoms with Crippen LogP contribution in [0, 0.1) is 0 Å². The van der Waals surface area contributed by atoms with Gasteiger partial charge in [0, 0.05) is 16.7 Å². The minimum absolute atomic E-state index is 0.223. The number of halogens is 2. The number of benzene rings is 2. The van der Waals surface area contributed by atoms with E-state index in [0.717, 1.165) is 16.1 Å². The predicted octanol–water partition coefficient (Wildman–Crippen LogP) is 3.85. The maximum atomic E-state index is 6.15. The Morgan fingerprint density at radius 3 is 2.57 bits per heavy atom. The van der Waals surface area contributed by atoms with Crippen LogP contribution in [0.1, 0.15) is 11.1 Å². The highest BCUT2D eigenvalue weighted by Crippen LogP contribution is 2.36. The Morgan fingerprint density at radius 1 is 1.10 bits per heavy atom. The molecule has 21 heavy (non-hydrogen) atoms. The molecular formula is C15H12Cl2N2O2. The number of hydrogen-bond donors (Lipinski definition) is 1. The summed E-state index contributed by atoms with van der Waals surface area (Å²) in [5, 5.41) is 5.44. The first kappa shape index (κ1) is 14.0. The van der Waals surface area contributed by atoms with Crippen LogP contribution in [0.25, 0.3) is 0 Å². The molecule has 0 aliphatic carbocycles. The molecule has 0 amide bonds. The maximum absolute atomic E-state index is 6.15. The van der Waals surface area contributed by atoms with Crippen molar-refractivity contribution in [1.82, 2.24) is 5.43 Å². The second-order valence-corrected chi connectivity index (χ2v) is 5.29. The lowest BCUT2D eigenvalue weighted by Gasteiger charge is -2.03. The zero-order chi connectivity index (χ0) is 14.7. The Kier molecular flexibility index (Phi) is 4.18. The van der Waals surface area contributed by atoms with Crippen molar-refractivity contribution in [1.29, 1.82) is 0 Å². The van der Waals surface area contributed by atoms with E-state index in [9.17, 15) is 0 Å². The molecule has 1 aliphatic rings. The van der Waals surface area contributed by atoms with E-state index in [4.69, 9.17) is 32.7 Å². The Balaban J connectivity index is 1.62. The molecule has 1 heterocycles. The molecule has 0 radical (unpaired) electrons. The van der Waals surface area contributed by atoms with Crippen LogP contribution in [0.2, 0.25) is 10.0 Å². The molecule has 1 aliphatic heterocycles. The quantitative estimate of drug-likeness (QED) is 0.686. The molecule has 0 unspecified atom stereocenters. The van der Waals surface area contributed by atoms with Gasteiger partial charge in [-0.1, -0.05) is 35.3 Å². The van der Waals surface area contributed by atoms with Crippen LogP contribution in [-0.2, 0) is 6.54 Å². The third kappa shape index (κ3) is 3.40. The van der Waals surface area contributed by atoms with E-state index in [1.165, 1.54) is 0 Å². The van der Waals surface area contributed by atoms with Crippen molar-refractivity contribution >= 4 is 29.4 Å². The van der Waals surface area contributed by atoms with Gasteiger partial charge in [0.15, 0.2) is 11.5 Å². The van der Waals surface area contributed by atoms with Gasteiger partial charge in [0.25, 0.3) is 0 Å². The van der Waals surface area contributed by atoms with Gasteiger partial charge in [0.1, 0.15) is 0 Å². The SMILES string of the molecule is Clc1ccc(CN/N=C\c2cc3c(cc2Cl)OCO3)cc1. The second kappa shape index (κ2) is 6.24. The molecule has 0 spiro atoms. The third-order valence-corrected chi connectivity index (χ3v) is 3.56. The van der Waals surface area contributed by atoms with E-state index in [1.807, 2.05) is 24.3 Å². The Morgan fingerprint density at radius 2 is 1.81 bits per heavy atom. The number of nitrogens with zero attached hydrogens (tertiary/aromatic N) is 1. The van der Waals surface area contributed by atoms with Crippen LogP contribution >= 0.6 is 23.2 Å². The summed E-state index contributed by atoms with van der Waals surface area (Å²) >= 11 is 12.0. The van der Waals surface area contributed by atoms with Gasteiger partial charge in [-0.25, -0.2) is 0 Å². The monoisotopic (exact) mass is 322 g/mol. The fourth-order valence-corrected chi connectivity index (χ4v) is 2.21. The molecule has 108 valence electrons. The van der Waals surface area contributed by atoms with Gasteiger partial charge in [-0.05, 0) is 23.8 Å². The van der Waals surface area contributed by atoms with Crippen molar-refractivity contribution in [2.45, 2.75) is 6.54 Å². The largest absolute Gasteiger partial charge is 0.454 e. The molecule has 0 aromatic heterocycles. The van der Waals surface area contributed by atoms with Crippen molar-refractivity contribution in [3.63, 3.8) is 0 Å². The number of rotatable bonds is 4. The zero-order valence-electron chi connectivity index (χ0n) is 11.0. The molecule has 0 atom stereocenters. The van der Waals surface area contributed by atoms with Gasteiger partial charge >= 0.3 is 0 Å². The first-order chi connectivity index (χ1) is 10.2. The summed E-state index contributed by atoms with van der Waals surface area (Å²) in [6.07, 6.45) is 1.65. The minimum atomic E-state index is 0.223. The van der Waals surface area contributed by atoms with E-state index in [1.54, 1.807) is 18.3 Å². The lowest BCUT2D eigenvalue weighted by Crippen LogP contribution is -2.05. The first-order valence-electron chi connectivity index (χ1n) is 6.32. The predicted molar refractivity (Wildman–Crippen MR) is 83.5 cm³/mol. The van der Waals surface area contributed by atoms with Gasteiger partial charge in [0.2, 0.25) is 6.79 Å². The minimum Gasteiger partial charge on any atom is -0.454 e. The fourth-order valence-electron chi connectivity index (χ4n) is 1.89. The summed E-state index contributed by atoms with van der Waals surface area (Å²) in [5.74, 6) is 1.34. The van der Waals surface area contributed by atoms with Crippen molar-refractivity contribution in [2.24, 2.45) is 5.10 Å². The van der Waals surface area contributed by atoms with Gasteiger partial charge in [0.05, 0.1) is 17.8 Å². The summed E-state index contributed by atoms with van der Waals surface area (Å²) in [6, 6.07) is 11.1. The van der Waals surface area contributed by atoms with Gasteiger partial charge in [-0.15, -0.1) is 0 Å². The van der Waals surface area contributed by atoms with Crippen LogP contribution in [-0.4, -0.2) is 13.0 Å². The smallest absolute Gasteiger partial charge is 0.231 e. The number of hydrazone groups is 1. The Bertz CT molecular complexity index is 672. The van der Waals surface area contributed by atoms with Crippen LogP contribution in [0.3, 0.4) is 0 Å². The van der Waals surface area contributed by atoms with Crippen LogP contribution in [0.4, 0.5) is 0 Å². The van der Waals surface area contributed by atoms with E-state index < -0.39 is 0 Å². The molecule has 4 nitrogen and oxygen atoms in total. The summed E-state index contributed by atoms with van der Waals surface area (Å²) in [6.45, 7) is 0.830. The average Bonchev–Trinajstić information content (AvgIpc) is 2.92. The molecule has 6 heteroatoms. The lowest BCUT2D eigenvalue weighted by atomic mass is 10.2. The molecular weight excluding hydrogens is 311 g/mol. The fraction of sp³-hybridized carbons (Fsp3) is 0.133. The van der Waals surface area contributed by atoms with Gasteiger partial charge in [-0.2, -0.15) is 5.10 Å². The summed E-state index contributed by atoms with van der Waals surface area (Å²) in [4.78, 5) is 0. The van der Waals surface area contributed by atoms with Crippen molar-refractivity contribution in [3.05, 3.63) is 57.6 Å². The Hall–Kier alpha value is -1.91. The van der Waals surface area contributed by atoms with E-state index in [-0.39, 0.29) is 6.79 Å². The number of ether oxygens (including phenoxy) is 2. The molecule has 0 saturated carbocycles. The van der Waals surface area contributed by atoms with Crippen LogP contribution in [0.15, 0.2) is 41.5 Å². The first-order valence-corrected chi connectivity index (χ1v) is 7.07. The molecule has 2 aromatic carbocycles. The van der Waals surface area contributed by atoms with E-state index in [2.05, 4.69) is 10.5 Å². The highest BCUT2D eigenvalue weighted by Gasteiger charge is 2.15. The second-order valence-electron chi connectivity index (χ2n) is 4.45. The number of nitrogens with one attached hydrogen (secondary N) is 1. The molecule has 3 rings (SSSR count). The van der Waals surface area contributed by atoms with Gasteiger partial charge in [-0.3, -0.25) is 0 Å². The van der Waals surface area contributed by atoms with Gasteiger partial charge < -0.3 is 14.9 Å².